The van der Waals surface area contributed by atoms with Crippen molar-refractivity contribution >= 4 is 11.9 Å². The molecule has 110 valence electrons. The maximum absolute atomic E-state index is 12.2. The average Bonchev–Trinajstić information content (AvgIpc) is 2.85. The molecule has 5 heteroatoms. The Bertz CT molecular complexity index is 689. The molecule has 0 aliphatic heterocycles. The molecule has 0 saturated heterocycles. The highest BCUT2D eigenvalue weighted by atomic mass is 16.4. The van der Waals surface area contributed by atoms with Crippen LogP contribution in [0.4, 0.5) is 0 Å². The number of amides is 1. The number of carboxylic acid groups (broad SMARTS) is 1. The third-order valence-corrected chi connectivity index (χ3v) is 3.68. The SMILES string of the molecule is Cc1c[nH]cc1C(=O)NC(C(=O)O)c1cccc(C)c1C. The van der Waals surface area contributed by atoms with Crippen molar-refractivity contribution in [1.29, 1.82) is 0 Å². The summed E-state index contributed by atoms with van der Waals surface area (Å²) in [5.41, 5.74) is 3.69. The molecule has 0 spiro atoms. The zero-order chi connectivity index (χ0) is 15.6. The fourth-order valence-corrected chi connectivity index (χ4v) is 2.25. The number of benzene rings is 1. The van der Waals surface area contributed by atoms with E-state index in [1.165, 1.54) is 0 Å². The van der Waals surface area contributed by atoms with E-state index in [1.807, 2.05) is 19.9 Å². The molecule has 1 aromatic heterocycles. The summed E-state index contributed by atoms with van der Waals surface area (Å²) in [5.74, 6) is -1.48. The number of carbonyl (C=O) groups is 2. The van der Waals surface area contributed by atoms with E-state index in [9.17, 15) is 14.7 Å². The van der Waals surface area contributed by atoms with Crippen LogP contribution in [0.25, 0.3) is 0 Å². The second-order valence-corrected chi connectivity index (χ2v) is 5.09. The number of nitrogens with one attached hydrogen (secondary N) is 2. The highest BCUT2D eigenvalue weighted by Gasteiger charge is 2.25. The largest absolute Gasteiger partial charge is 0.479 e. The minimum atomic E-state index is -1.08. The third-order valence-electron chi connectivity index (χ3n) is 3.68. The van der Waals surface area contributed by atoms with E-state index in [4.69, 9.17) is 0 Å². The summed E-state index contributed by atoms with van der Waals surface area (Å²) in [6.07, 6.45) is 3.26. The minimum Gasteiger partial charge on any atom is -0.479 e. The van der Waals surface area contributed by atoms with E-state index >= 15 is 0 Å². The first-order chi connectivity index (χ1) is 9.91. The normalized spacial score (nSPS) is 12.0. The van der Waals surface area contributed by atoms with Gasteiger partial charge in [0.2, 0.25) is 0 Å². The Kier molecular flexibility index (Phi) is 4.12. The summed E-state index contributed by atoms with van der Waals surface area (Å²) in [4.78, 5) is 26.6. The van der Waals surface area contributed by atoms with Crippen molar-refractivity contribution in [3.8, 4) is 0 Å². The van der Waals surface area contributed by atoms with Crippen molar-refractivity contribution < 1.29 is 14.7 Å². The van der Waals surface area contributed by atoms with Crippen molar-refractivity contribution in [2.75, 3.05) is 0 Å². The van der Waals surface area contributed by atoms with Gasteiger partial charge in [-0.25, -0.2) is 4.79 Å². The van der Waals surface area contributed by atoms with Gasteiger partial charge in [0.05, 0.1) is 5.56 Å². The van der Waals surface area contributed by atoms with Crippen LogP contribution in [0.3, 0.4) is 0 Å². The highest BCUT2D eigenvalue weighted by molar-refractivity contribution is 5.97. The van der Waals surface area contributed by atoms with Gasteiger partial charge >= 0.3 is 5.97 Å². The number of carbonyl (C=O) groups excluding carboxylic acids is 1. The molecule has 1 atom stereocenters. The molecule has 2 rings (SSSR count). The highest BCUT2D eigenvalue weighted by Crippen LogP contribution is 2.21. The monoisotopic (exact) mass is 286 g/mol. The Morgan fingerprint density at radius 1 is 1.14 bits per heavy atom. The summed E-state index contributed by atoms with van der Waals surface area (Å²) in [7, 11) is 0. The molecule has 0 aliphatic carbocycles. The number of hydrogen-bond acceptors (Lipinski definition) is 2. The molecule has 0 saturated carbocycles. The number of aliphatic carboxylic acids is 1. The molecule has 1 amide bonds. The van der Waals surface area contributed by atoms with E-state index in [0.717, 1.165) is 16.7 Å². The van der Waals surface area contributed by atoms with Crippen LogP contribution >= 0.6 is 0 Å². The first kappa shape index (κ1) is 14.8. The molecule has 1 unspecified atom stereocenters. The number of aromatic nitrogens is 1. The van der Waals surface area contributed by atoms with E-state index < -0.39 is 17.9 Å². The van der Waals surface area contributed by atoms with Crippen LogP contribution in [0.1, 0.15) is 38.7 Å². The topological polar surface area (TPSA) is 82.2 Å². The quantitative estimate of drug-likeness (QED) is 0.807. The van der Waals surface area contributed by atoms with Crippen LogP contribution in [0, 0.1) is 20.8 Å². The summed E-state index contributed by atoms with van der Waals surface area (Å²) in [6.45, 7) is 5.56. The second-order valence-electron chi connectivity index (χ2n) is 5.09. The second kappa shape index (κ2) is 5.83. The smallest absolute Gasteiger partial charge is 0.330 e. The van der Waals surface area contributed by atoms with E-state index in [2.05, 4.69) is 10.3 Å². The standard InChI is InChI=1S/C16H18N2O3/c1-9-5-4-6-12(11(9)3)14(16(20)21)18-15(19)13-8-17-7-10(13)2/h4-8,14,17H,1-3H3,(H,18,19)(H,20,21). The van der Waals surface area contributed by atoms with Crippen molar-refractivity contribution in [3.63, 3.8) is 0 Å². The number of aromatic amines is 1. The fourth-order valence-electron chi connectivity index (χ4n) is 2.25. The molecule has 0 fully saturated rings. The van der Waals surface area contributed by atoms with Gasteiger partial charge in [0.15, 0.2) is 6.04 Å². The van der Waals surface area contributed by atoms with E-state index in [1.54, 1.807) is 31.5 Å². The van der Waals surface area contributed by atoms with Gasteiger partial charge in [0.1, 0.15) is 0 Å². The molecule has 1 heterocycles. The lowest BCUT2D eigenvalue weighted by Gasteiger charge is -2.18. The van der Waals surface area contributed by atoms with Crippen LogP contribution in [0.15, 0.2) is 30.6 Å². The molecule has 2 aromatic rings. The summed E-state index contributed by atoms with van der Waals surface area (Å²) in [5, 5.41) is 12.0. The van der Waals surface area contributed by atoms with Crippen LogP contribution in [0.5, 0.6) is 0 Å². The van der Waals surface area contributed by atoms with Gasteiger partial charge in [-0.3, -0.25) is 4.79 Å². The molecular formula is C16H18N2O3. The first-order valence-electron chi connectivity index (χ1n) is 6.65. The van der Waals surface area contributed by atoms with Gasteiger partial charge in [-0.1, -0.05) is 18.2 Å². The van der Waals surface area contributed by atoms with Gasteiger partial charge in [0, 0.05) is 12.4 Å². The Hall–Kier alpha value is -2.56. The molecule has 0 radical (unpaired) electrons. The van der Waals surface area contributed by atoms with Crippen LogP contribution in [0.2, 0.25) is 0 Å². The van der Waals surface area contributed by atoms with Crippen molar-refractivity contribution in [1.82, 2.24) is 10.3 Å². The van der Waals surface area contributed by atoms with Crippen molar-refractivity contribution in [2.24, 2.45) is 0 Å². The molecule has 0 bridgehead atoms. The van der Waals surface area contributed by atoms with Gasteiger partial charge in [-0.15, -0.1) is 0 Å². The minimum absolute atomic E-state index is 0.401. The number of carboxylic acids is 1. The zero-order valence-corrected chi connectivity index (χ0v) is 12.2. The lowest BCUT2D eigenvalue weighted by Crippen LogP contribution is -2.34. The van der Waals surface area contributed by atoms with Gasteiger partial charge in [-0.2, -0.15) is 0 Å². The van der Waals surface area contributed by atoms with E-state index in [0.29, 0.717) is 11.1 Å². The molecular weight excluding hydrogens is 268 g/mol. The van der Waals surface area contributed by atoms with Gasteiger partial charge in [0.25, 0.3) is 5.91 Å². The molecule has 0 aliphatic rings. The Morgan fingerprint density at radius 2 is 1.86 bits per heavy atom. The van der Waals surface area contributed by atoms with Crippen LogP contribution < -0.4 is 5.32 Å². The van der Waals surface area contributed by atoms with Gasteiger partial charge in [-0.05, 0) is 43.0 Å². The number of hydrogen-bond donors (Lipinski definition) is 3. The van der Waals surface area contributed by atoms with E-state index in [-0.39, 0.29) is 0 Å². The Balaban J connectivity index is 2.33. The summed E-state index contributed by atoms with van der Waals surface area (Å²) >= 11 is 0. The van der Waals surface area contributed by atoms with Crippen LogP contribution in [-0.2, 0) is 4.79 Å². The zero-order valence-electron chi connectivity index (χ0n) is 12.2. The Morgan fingerprint density at radius 3 is 2.43 bits per heavy atom. The average molecular weight is 286 g/mol. The van der Waals surface area contributed by atoms with Crippen molar-refractivity contribution in [3.05, 3.63) is 58.4 Å². The number of aryl methyl sites for hydroxylation is 2. The molecule has 21 heavy (non-hydrogen) atoms. The number of rotatable bonds is 4. The van der Waals surface area contributed by atoms with Gasteiger partial charge < -0.3 is 15.4 Å². The molecule has 1 aromatic carbocycles. The van der Waals surface area contributed by atoms with Crippen LogP contribution in [-0.4, -0.2) is 22.0 Å². The predicted molar refractivity (Wildman–Crippen MR) is 79.3 cm³/mol. The predicted octanol–water partition coefficient (Wildman–Crippen LogP) is 2.50. The number of H-pyrrole nitrogens is 1. The maximum atomic E-state index is 12.2. The lowest BCUT2D eigenvalue weighted by molar-refractivity contribution is -0.139. The van der Waals surface area contributed by atoms with Crippen molar-refractivity contribution in [2.45, 2.75) is 26.8 Å². The Labute approximate surface area is 123 Å². The summed E-state index contributed by atoms with van der Waals surface area (Å²) in [6, 6.07) is 4.37. The summed E-state index contributed by atoms with van der Waals surface area (Å²) < 4.78 is 0. The molecule has 5 nitrogen and oxygen atoms in total. The first-order valence-corrected chi connectivity index (χ1v) is 6.65. The maximum Gasteiger partial charge on any atom is 0.330 e. The lowest BCUT2D eigenvalue weighted by atomic mass is 9.97. The fraction of sp³-hybridized carbons (Fsp3) is 0.250. The third kappa shape index (κ3) is 2.97. The molecule has 3 N–H and O–H groups in total.